The molecule has 7 nitrogen and oxygen atoms in total. The van der Waals surface area contributed by atoms with Crippen molar-refractivity contribution >= 4 is 67.6 Å². The van der Waals surface area contributed by atoms with Crippen molar-refractivity contribution in [1.29, 1.82) is 0 Å². The number of benzene rings is 1. The first-order valence-electron chi connectivity index (χ1n) is 12.7. The molecule has 0 radical (unpaired) electrons. The van der Waals surface area contributed by atoms with E-state index in [1.807, 2.05) is 24.3 Å². The Bertz CT molecular complexity index is 1390. The van der Waals surface area contributed by atoms with Crippen LogP contribution in [0.25, 0.3) is 6.08 Å². The number of furan rings is 1. The van der Waals surface area contributed by atoms with Crippen molar-refractivity contribution in [2.24, 2.45) is 5.92 Å². The van der Waals surface area contributed by atoms with Crippen LogP contribution < -0.4 is 0 Å². The maximum Gasteiger partial charge on any atom is 0.266 e. The smallest absolute Gasteiger partial charge is 0.266 e. The van der Waals surface area contributed by atoms with E-state index in [0.717, 1.165) is 17.7 Å². The summed E-state index contributed by atoms with van der Waals surface area (Å²) < 4.78 is 30.8. The van der Waals surface area contributed by atoms with Crippen LogP contribution in [0.3, 0.4) is 0 Å². The number of hydrogen-bond donors (Lipinski definition) is 0. The van der Waals surface area contributed by atoms with Gasteiger partial charge in [-0.3, -0.25) is 14.5 Å². The highest BCUT2D eigenvalue weighted by Crippen LogP contribution is 2.47. The van der Waals surface area contributed by atoms with Crippen LogP contribution in [0.15, 0.2) is 45.7 Å². The van der Waals surface area contributed by atoms with Gasteiger partial charge in [-0.15, -0.1) is 0 Å². The molecular weight excluding hydrogens is 564 g/mol. The Morgan fingerprint density at radius 1 is 1.26 bits per heavy atom. The number of hydrogen-bond acceptors (Lipinski definition) is 7. The molecule has 5 rings (SSSR count). The Balaban J connectivity index is 1.21. The van der Waals surface area contributed by atoms with E-state index >= 15 is 0 Å². The molecule has 1 aromatic heterocycles. The van der Waals surface area contributed by atoms with E-state index in [1.54, 1.807) is 23.1 Å². The van der Waals surface area contributed by atoms with Crippen molar-refractivity contribution in [1.82, 2.24) is 9.80 Å². The Hall–Kier alpha value is -2.14. The molecule has 3 heterocycles. The molecule has 1 saturated carbocycles. The van der Waals surface area contributed by atoms with Crippen molar-refractivity contribution < 1.29 is 22.4 Å². The molecule has 0 spiro atoms. The average Bonchev–Trinajstić information content (AvgIpc) is 3.15. The van der Waals surface area contributed by atoms with Crippen molar-refractivity contribution in [3.8, 4) is 0 Å². The third-order valence-electron chi connectivity index (χ3n) is 7.27. The minimum atomic E-state index is -3.17. The molecule has 2 amide bonds. The lowest BCUT2D eigenvalue weighted by molar-refractivity contribution is -0.134. The van der Waals surface area contributed by atoms with Gasteiger partial charge in [0.05, 0.1) is 23.0 Å². The number of thiocarbonyl (C=S) groups is 1. The SMILES string of the molecule is CC1CC1c1ccc(CN(C(=O)CCCN2C(=O)/C(=C/c3ccc(Cl)cc3)SC2=S)C2CCS(=O)(=O)C2)o1. The topological polar surface area (TPSA) is 87.9 Å². The molecule has 38 heavy (non-hydrogen) atoms. The monoisotopic (exact) mass is 592 g/mol. The van der Waals surface area contributed by atoms with Gasteiger partial charge < -0.3 is 9.32 Å². The van der Waals surface area contributed by atoms with Crippen molar-refractivity contribution in [2.45, 2.75) is 51.1 Å². The number of amides is 2. The fraction of sp³-hybridized carbons (Fsp3) is 0.444. The summed E-state index contributed by atoms with van der Waals surface area (Å²) >= 11 is 12.6. The van der Waals surface area contributed by atoms with E-state index in [9.17, 15) is 18.0 Å². The summed E-state index contributed by atoms with van der Waals surface area (Å²) in [6, 6.07) is 10.7. The maximum absolute atomic E-state index is 13.3. The molecule has 3 aliphatic rings. The zero-order valence-corrected chi connectivity index (χ0v) is 24.2. The van der Waals surface area contributed by atoms with Crippen molar-refractivity contribution in [3.63, 3.8) is 0 Å². The summed E-state index contributed by atoms with van der Waals surface area (Å²) in [6.07, 6.45) is 3.90. The molecule has 0 N–H and O–H groups in total. The molecule has 3 fully saturated rings. The number of sulfone groups is 1. The summed E-state index contributed by atoms with van der Waals surface area (Å²) in [5.41, 5.74) is 0.851. The van der Waals surface area contributed by atoms with Gasteiger partial charge in [0.2, 0.25) is 5.91 Å². The van der Waals surface area contributed by atoms with Crippen LogP contribution in [0.5, 0.6) is 0 Å². The first-order valence-corrected chi connectivity index (χ1v) is 16.1. The predicted molar refractivity (Wildman–Crippen MR) is 153 cm³/mol. The van der Waals surface area contributed by atoms with Gasteiger partial charge in [0.25, 0.3) is 5.91 Å². The van der Waals surface area contributed by atoms with E-state index < -0.39 is 9.84 Å². The molecule has 2 aliphatic heterocycles. The van der Waals surface area contributed by atoms with E-state index in [-0.39, 0.29) is 42.3 Å². The number of nitrogens with zero attached hydrogens (tertiary/aromatic N) is 2. The predicted octanol–water partition coefficient (Wildman–Crippen LogP) is 5.25. The minimum absolute atomic E-state index is 0.0316. The molecule has 2 aromatic rings. The summed E-state index contributed by atoms with van der Waals surface area (Å²) in [5, 5.41) is 0.619. The molecule has 1 aromatic carbocycles. The van der Waals surface area contributed by atoms with Gasteiger partial charge in [-0.05, 0) is 61.1 Å². The number of thioether (sulfide) groups is 1. The quantitative estimate of drug-likeness (QED) is 0.290. The zero-order valence-electron chi connectivity index (χ0n) is 21.0. The Morgan fingerprint density at radius 2 is 2.00 bits per heavy atom. The van der Waals surface area contributed by atoms with E-state index in [2.05, 4.69) is 6.92 Å². The van der Waals surface area contributed by atoms with E-state index in [4.69, 9.17) is 28.2 Å². The van der Waals surface area contributed by atoms with Gasteiger partial charge in [0.15, 0.2) is 9.84 Å². The molecule has 3 atom stereocenters. The second-order valence-electron chi connectivity index (χ2n) is 10.2. The van der Waals surface area contributed by atoms with Crippen LogP contribution in [0.1, 0.15) is 55.6 Å². The summed E-state index contributed by atoms with van der Waals surface area (Å²) in [6.45, 7) is 2.73. The Kier molecular flexibility index (Phi) is 8.05. The average molecular weight is 593 g/mol. The first-order chi connectivity index (χ1) is 18.1. The molecule has 0 bridgehead atoms. The van der Waals surface area contributed by atoms with Crippen LogP contribution in [-0.4, -0.2) is 58.4 Å². The van der Waals surface area contributed by atoms with Crippen molar-refractivity contribution in [2.75, 3.05) is 18.1 Å². The second kappa shape index (κ2) is 11.2. The molecule has 11 heteroatoms. The largest absolute Gasteiger partial charge is 0.464 e. The van der Waals surface area contributed by atoms with E-state index in [1.165, 1.54) is 16.7 Å². The molecule has 3 unspecified atom stereocenters. The highest BCUT2D eigenvalue weighted by atomic mass is 35.5. The van der Waals surface area contributed by atoms with Gasteiger partial charge in [0, 0.05) is 29.9 Å². The number of halogens is 1. The molecular formula is C27H29ClN2O5S3. The van der Waals surface area contributed by atoms with Gasteiger partial charge >= 0.3 is 0 Å². The summed E-state index contributed by atoms with van der Waals surface area (Å²) in [7, 11) is -3.17. The Labute approximate surface area is 237 Å². The lowest BCUT2D eigenvalue weighted by Crippen LogP contribution is -2.41. The Morgan fingerprint density at radius 3 is 2.66 bits per heavy atom. The van der Waals surface area contributed by atoms with Crippen molar-refractivity contribution in [3.05, 3.63) is 63.4 Å². The van der Waals surface area contributed by atoms with Gasteiger partial charge in [0.1, 0.15) is 15.8 Å². The first kappa shape index (κ1) is 27.4. The minimum Gasteiger partial charge on any atom is -0.464 e. The maximum atomic E-state index is 13.3. The summed E-state index contributed by atoms with van der Waals surface area (Å²) in [4.78, 5) is 30.0. The number of carbonyl (C=O) groups excluding carboxylic acids is 2. The molecule has 1 aliphatic carbocycles. The van der Waals surface area contributed by atoms with Crippen LogP contribution >= 0.6 is 35.6 Å². The third kappa shape index (κ3) is 6.35. The number of rotatable bonds is 9. The lowest BCUT2D eigenvalue weighted by Gasteiger charge is -2.28. The van der Waals surface area contributed by atoms with Gasteiger partial charge in [-0.2, -0.15) is 0 Å². The van der Waals surface area contributed by atoms with Gasteiger partial charge in [-0.25, -0.2) is 8.42 Å². The highest BCUT2D eigenvalue weighted by Gasteiger charge is 2.38. The lowest BCUT2D eigenvalue weighted by atomic mass is 10.1. The van der Waals surface area contributed by atoms with Crippen LogP contribution in [0, 0.1) is 5.92 Å². The van der Waals surface area contributed by atoms with E-state index in [0.29, 0.717) is 51.2 Å². The molecule has 202 valence electrons. The summed E-state index contributed by atoms with van der Waals surface area (Å²) in [5.74, 6) is 2.35. The normalized spacial score (nSPS) is 25.4. The fourth-order valence-electron chi connectivity index (χ4n) is 4.94. The van der Waals surface area contributed by atoms with Crippen LogP contribution in [-0.2, 0) is 26.0 Å². The third-order valence-corrected chi connectivity index (χ3v) is 10.6. The fourth-order valence-corrected chi connectivity index (χ4v) is 8.11. The highest BCUT2D eigenvalue weighted by molar-refractivity contribution is 8.26. The second-order valence-corrected chi connectivity index (χ2v) is 14.5. The van der Waals surface area contributed by atoms with Crippen LogP contribution in [0.4, 0.5) is 0 Å². The standard InChI is InChI=1S/C27H29ClN2O5S3/c1-17-13-22(17)23-9-8-21(35-23)15-30(20-10-12-38(33,34)16-20)25(31)3-2-11-29-26(32)24(37-27(29)36)14-18-4-6-19(28)7-5-18/h4-9,14,17,20,22H,2-3,10-13,15-16H2,1H3/b24-14-. The molecule has 2 saturated heterocycles. The van der Waals surface area contributed by atoms with Gasteiger partial charge in [-0.1, -0.05) is 54.6 Å². The number of carbonyl (C=O) groups is 2. The zero-order chi connectivity index (χ0) is 27.0. The van der Waals surface area contributed by atoms with Crippen LogP contribution in [0.2, 0.25) is 5.02 Å².